The lowest BCUT2D eigenvalue weighted by molar-refractivity contribution is 0.848. The molecule has 5 heteroatoms. The van der Waals surface area contributed by atoms with Crippen LogP contribution in [0.2, 0.25) is 0 Å². The second kappa shape index (κ2) is 7.06. The minimum atomic E-state index is 0.867. The summed E-state index contributed by atoms with van der Waals surface area (Å²) in [6.45, 7) is 2.08. The van der Waals surface area contributed by atoms with Gasteiger partial charge >= 0.3 is 0 Å². The third kappa shape index (κ3) is 3.68. The number of aryl methyl sites for hydroxylation is 1. The molecule has 0 saturated carbocycles. The molecule has 0 atom stereocenters. The Morgan fingerprint density at radius 1 is 1.04 bits per heavy atom. The van der Waals surface area contributed by atoms with Crippen molar-refractivity contribution in [3.63, 3.8) is 0 Å². The molecule has 3 aromatic rings. The molecular weight excluding hydrogens is 370 g/mol. The van der Waals surface area contributed by atoms with Gasteiger partial charge in [-0.05, 0) is 24.6 Å². The molecule has 0 aliphatic carbocycles. The first-order valence-corrected chi connectivity index (χ1v) is 8.85. The van der Waals surface area contributed by atoms with E-state index in [0.29, 0.717) is 0 Å². The highest BCUT2D eigenvalue weighted by Crippen LogP contribution is 2.22. The van der Waals surface area contributed by atoms with Gasteiger partial charge in [0.25, 0.3) is 0 Å². The summed E-state index contributed by atoms with van der Waals surface area (Å²) in [5.74, 6) is 0. The summed E-state index contributed by atoms with van der Waals surface area (Å²) in [5, 5.41) is 6.71. The molecule has 0 spiro atoms. The first kappa shape index (κ1) is 15.9. The molecule has 1 heterocycles. The van der Waals surface area contributed by atoms with Crippen LogP contribution >= 0.6 is 27.3 Å². The van der Waals surface area contributed by atoms with Crippen LogP contribution in [-0.2, 0) is 0 Å². The fourth-order valence-corrected chi connectivity index (χ4v) is 3.23. The van der Waals surface area contributed by atoms with Gasteiger partial charge in [-0.2, -0.15) is 5.10 Å². The Kier molecular flexibility index (Phi) is 4.88. The van der Waals surface area contributed by atoms with Gasteiger partial charge in [-0.15, -0.1) is 11.3 Å². The number of nitrogens with zero attached hydrogens (tertiary/aromatic N) is 3. The Labute approximate surface area is 147 Å². The largest absolute Gasteiger partial charge is 0.261 e. The number of benzene rings is 2. The van der Waals surface area contributed by atoms with Crippen LogP contribution in [0.5, 0.6) is 0 Å². The molecule has 2 aromatic carbocycles. The smallest absolute Gasteiger partial charge is 0.205 e. The molecule has 0 N–H and O–H groups in total. The van der Waals surface area contributed by atoms with Crippen molar-refractivity contribution in [1.29, 1.82) is 0 Å². The lowest BCUT2D eigenvalue weighted by atomic mass is 10.2. The minimum absolute atomic E-state index is 0.867. The molecule has 0 bridgehead atoms. The second-order valence-corrected chi connectivity index (χ2v) is 6.85. The molecule has 0 unspecified atom stereocenters. The zero-order chi connectivity index (χ0) is 16.2. The molecule has 3 rings (SSSR count). The van der Waals surface area contributed by atoms with Gasteiger partial charge in [0.2, 0.25) is 4.80 Å². The van der Waals surface area contributed by atoms with E-state index >= 15 is 0 Å². The van der Waals surface area contributed by atoms with Gasteiger partial charge in [-0.25, -0.2) is 4.68 Å². The van der Waals surface area contributed by atoms with Crippen LogP contribution in [0.1, 0.15) is 11.1 Å². The van der Waals surface area contributed by atoms with Crippen molar-refractivity contribution >= 4 is 33.5 Å². The fraction of sp³-hybridized carbons (Fsp3) is 0.111. The lowest BCUT2D eigenvalue weighted by Gasteiger charge is -2.03. The van der Waals surface area contributed by atoms with E-state index in [1.165, 1.54) is 5.56 Å². The zero-order valence-electron chi connectivity index (χ0n) is 12.9. The van der Waals surface area contributed by atoms with Crippen LogP contribution < -0.4 is 4.80 Å². The van der Waals surface area contributed by atoms with E-state index in [-0.39, 0.29) is 0 Å². The van der Waals surface area contributed by atoms with E-state index in [1.54, 1.807) is 18.4 Å². The highest BCUT2D eigenvalue weighted by Gasteiger charge is 2.06. The van der Waals surface area contributed by atoms with Crippen molar-refractivity contribution in [3.8, 4) is 11.3 Å². The van der Waals surface area contributed by atoms with Crippen LogP contribution in [0.25, 0.3) is 11.3 Å². The number of thiazole rings is 1. The van der Waals surface area contributed by atoms with Crippen molar-refractivity contribution < 1.29 is 0 Å². The molecular formula is C18H16BrN3S. The first-order chi connectivity index (χ1) is 11.2. The second-order valence-electron chi connectivity index (χ2n) is 5.10. The summed E-state index contributed by atoms with van der Waals surface area (Å²) in [6.07, 6.45) is 1.86. The molecule has 0 aliphatic rings. The Morgan fingerprint density at radius 2 is 1.74 bits per heavy atom. The van der Waals surface area contributed by atoms with Crippen LogP contribution in [0, 0.1) is 6.92 Å². The van der Waals surface area contributed by atoms with Crippen LogP contribution in [0.3, 0.4) is 0 Å². The highest BCUT2D eigenvalue weighted by atomic mass is 79.9. The number of aromatic nitrogens is 1. The maximum absolute atomic E-state index is 4.63. The van der Waals surface area contributed by atoms with Crippen molar-refractivity contribution in [2.75, 3.05) is 7.05 Å². The Morgan fingerprint density at radius 3 is 2.39 bits per heavy atom. The molecule has 0 fully saturated rings. The van der Waals surface area contributed by atoms with Crippen molar-refractivity contribution in [2.45, 2.75) is 6.92 Å². The summed E-state index contributed by atoms with van der Waals surface area (Å²) >= 11 is 5.05. The molecule has 3 nitrogen and oxygen atoms in total. The molecule has 0 radical (unpaired) electrons. The third-order valence-electron chi connectivity index (χ3n) is 3.42. The number of hydrogen-bond acceptors (Lipinski definition) is 3. The summed E-state index contributed by atoms with van der Waals surface area (Å²) in [6, 6.07) is 16.5. The molecule has 1 aromatic heterocycles. The van der Waals surface area contributed by atoms with E-state index in [2.05, 4.69) is 74.7 Å². The van der Waals surface area contributed by atoms with Crippen molar-refractivity contribution in [3.05, 3.63) is 74.3 Å². The van der Waals surface area contributed by atoms with E-state index < -0.39 is 0 Å². The normalized spacial score (nSPS) is 12.2. The minimum Gasteiger partial charge on any atom is -0.261 e. The van der Waals surface area contributed by atoms with Gasteiger partial charge in [0.1, 0.15) is 0 Å². The molecule has 23 heavy (non-hydrogen) atoms. The Bertz CT molecular complexity index is 887. The van der Waals surface area contributed by atoms with Gasteiger partial charge in [-0.3, -0.25) is 4.99 Å². The van der Waals surface area contributed by atoms with Crippen LogP contribution in [0.4, 0.5) is 0 Å². The maximum Gasteiger partial charge on any atom is 0.205 e. The van der Waals surface area contributed by atoms with E-state index in [4.69, 9.17) is 0 Å². The standard InChI is InChI=1S/C18H16BrN3S/c1-13-3-5-14(6-4-13)11-21-22-17(12-23-18(22)20-2)15-7-9-16(19)10-8-15/h3-12H,1-2H3. The van der Waals surface area contributed by atoms with E-state index in [9.17, 15) is 0 Å². The van der Waals surface area contributed by atoms with Crippen molar-refractivity contribution in [2.24, 2.45) is 10.1 Å². The van der Waals surface area contributed by atoms with Gasteiger partial charge in [0, 0.05) is 22.5 Å². The molecule has 0 saturated heterocycles. The third-order valence-corrected chi connectivity index (χ3v) is 4.85. The van der Waals surface area contributed by atoms with Crippen LogP contribution in [0.15, 0.2) is 68.5 Å². The maximum atomic E-state index is 4.63. The quantitative estimate of drug-likeness (QED) is 0.584. The molecule has 0 amide bonds. The van der Waals surface area contributed by atoms with E-state index in [0.717, 1.165) is 26.1 Å². The molecule has 116 valence electrons. The number of rotatable bonds is 3. The predicted octanol–water partition coefficient (Wildman–Crippen LogP) is 4.70. The fourth-order valence-electron chi connectivity index (χ4n) is 2.16. The first-order valence-electron chi connectivity index (χ1n) is 7.18. The summed E-state index contributed by atoms with van der Waals surface area (Å²) in [5.41, 5.74) is 4.45. The SMILES string of the molecule is CN=c1scc(-c2ccc(Br)cc2)n1N=Cc1ccc(C)cc1. The average Bonchev–Trinajstić information content (AvgIpc) is 2.98. The lowest BCUT2D eigenvalue weighted by Crippen LogP contribution is -2.11. The zero-order valence-corrected chi connectivity index (χ0v) is 15.3. The van der Waals surface area contributed by atoms with Gasteiger partial charge < -0.3 is 0 Å². The topological polar surface area (TPSA) is 29.6 Å². The predicted molar refractivity (Wildman–Crippen MR) is 101 cm³/mol. The van der Waals surface area contributed by atoms with E-state index in [1.807, 2.05) is 23.0 Å². The highest BCUT2D eigenvalue weighted by molar-refractivity contribution is 9.10. The Hall–Kier alpha value is -1.98. The van der Waals surface area contributed by atoms with Crippen molar-refractivity contribution in [1.82, 2.24) is 4.68 Å². The van der Waals surface area contributed by atoms with Gasteiger partial charge in [0.05, 0.1) is 11.9 Å². The van der Waals surface area contributed by atoms with Gasteiger partial charge in [-0.1, -0.05) is 57.9 Å². The summed E-state index contributed by atoms with van der Waals surface area (Å²) < 4.78 is 2.94. The summed E-state index contributed by atoms with van der Waals surface area (Å²) in [7, 11) is 1.79. The van der Waals surface area contributed by atoms with Crippen LogP contribution in [-0.4, -0.2) is 17.9 Å². The Balaban J connectivity index is 2.02. The average molecular weight is 386 g/mol. The number of hydrogen-bond donors (Lipinski definition) is 0. The van der Waals surface area contributed by atoms with Gasteiger partial charge in [0.15, 0.2) is 0 Å². The summed E-state index contributed by atoms with van der Waals surface area (Å²) in [4.78, 5) is 5.19. The molecule has 0 aliphatic heterocycles. The monoisotopic (exact) mass is 385 g/mol. The number of halogens is 1.